The van der Waals surface area contributed by atoms with Crippen molar-refractivity contribution in [2.24, 2.45) is 23.2 Å². The SMILES string of the molecule is COC(=O)[C@]12C=CC1C1C(=O)c3ccccc3C(=O)C12. The summed E-state index contributed by atoms with van der Waals surface area (Å²) in [4.78, 5) is 37.2. The molecule has 0 N–H and O–H groups in total. The molecule has 20 heavy (non-hydrogen) atoms. The van der Waals surface area contributed by atoms with Gasteiger partial charge in [0.05, 0.1) is 13.0 Å². The molecule has 0 radical (unpaired) electrons. The Balaban J connectivity index is 1.87. The van der Waals surface area contributed by atoms with E-state index in [1.54, 1.807) is 30.3 Å². The molecule has 0 saturated heterocycles. The van der Waals surface area contributed by atoms with Crippen LogP contribution in [-0.4, -0.2) is 24.6 Å². The minimum atomic E-state index is -0.903. The van der Waals surface area contributed by atoms with Gasteiger partial charge in [-0.05, 0) is 0 Å². The zero-order chi connectivity index (χ0) is 14.1. The number of esters is 1. The van der Waals surface area contributed by atoms with Crippen LogP contribution in [0.1, 0.15) is 20.7 Å². The fraction of sp³-hybridized carbons (Fsp3) is 0.312. The molecule has 0 aliphatic heterocycles. The molecule has 0 heterocycles. The summed E-state index contributed by atoms with van der Waals surface area (Å²) in [5.74, 6) is -1.74. The van der Waals surface area contributed by atoms with Crippen molar-refractivity contribution in [2.45, 2.75) is 0 Å². The zero-order valence-corrected chi connectivity index (χ0v) is 10.8. The topological polar surface area (TPSA) is 60.4 Å². The Labute approximate surface area is 115 Å². The average molecular weight is 268 g/mol. The minimum Gasteiger partial charge on any atom is -0.468 e. The van der Waals surface area contributed by atoms with Crippen LogP contribution in [0, 0.1) is 23.2 Å². The van der Waals surface area contributed by atoms with Crippen LogP contribution in [0.2, 0.25) is 0 Å². The molecule has 4 atom stereocenters. The predicted molar refractivity (Wildman–Crippen MR) is 69.2 cm³/mol. The first-order chi connectivity index (χ1) is 9.63. The van der Waals surface area contributed by atoms with Crippen LogP contribution in [-0.2, 0) is 9.53 Å². The highest BCUT2D eigenvalue weighted by Crippen LogP contribution is 2.66. The van der Waals surface area contributed by atoms with Crippen molar-refractivity contribution >= 4 is 17.5 Å². The average Bonchev–Trinajstić information content (AvgIpc) is 2.46. The third kappa shape index (κ3) is 0.996. The quantitative estimate of drug-likeness (QED) is 0.574. The third-order valence-electron chi connectivity index (χ3n) is 4.97. The van der Waals surface area contributed by atoms with Crippen LogP contribution in [0.25, 0.3) is 0 Å². The number of allylic oxidation sites excluding steroid dienone is 1. The molecular formula is C16H12O4. The third-order valence-corrected chi connectivity index (χ3v) is 4.97. The predicted octanol–water partition coefficient (Wildman–Crippen LogP) is 1.66. The van der Waals surface area contributed by atoms with E-state index in [4.69, 9.17) is 4.74 Å². The lowest BCUT2D eigenvalue weighted by Gasteiger charge is -2.61. The molecule has 4 heteroatoms. The maximum absolute atomic E-state index is 12.6. The van der Waals surface area contributed by atoms with Crippen molar-refractivity contribution in [1.82, 2.24) is 0 Å². The highest BCUT2D eigenvalue weighted by atomic mass is 16.5. The van der Waals surface area contributed by atoms with Crippen molar-refractivity contribution in [3.63, 3.8) is 0 Å². The molecule has 0 bridgehead atoms. The van der Waals surface area contributed by atoms with E-state index in [9.17, 15) is 14.4 Å². The van der Waals surface area contributed by atoms with Gasteiger partial charge in [-0.1, -0.05) is 36.4 Å². The molecule has 0 amide bonds. The van der Waals surface area contributed by atoms with Gasteiger partial charge < -0.3 is 4.74 Å². The van der Waals surface area contributed by atoms with Crippen molar-refractivity contribution in [3.8, 4) is 0 Å². The molecule has 1 saturated carbocycles. The summed E-state index contributed by atoms with van der Waals surface area (Å²) in [7, 11) is 1.32. The van der Waals surface area contributed by atoms with E-state index in [0.29, 0.717) is 11.1 Å². The van der Waals surface area contributed by atoms with Crippen LogP contribution < -0.4 is 0 Å². The number of fused-ring (bicyclic) bond motifs is 5. The molecule has 4 rings (SSSR count). The molecule has 1 aromatic carbocycles. The molecule has 0 spiro atoms. The Morgan fingerprint density at radius 1 is 1.15 bits per heavy atom. The smallest absolute Gasteiger partial charge is 0.317 e. The van der Waals surface area contributed by atoms with Gasteiger partial charge in [-0.3, -0.25) is 14.4 Å². The lowest BCUT2D eigenvalue weighted by molar-refractivity contribution is -0.170. The van der Waals surface area contributed by atoms with Gasteiger partial charge in [-0.15, -0.1) is 0 Å². The Hall–Kier alpha value is -2.23. The number of rotatable bonds is 1. The number of benzene rings is 1. The summed E-state index contributed by atoms with van der Waals surface area (Å²) in [6.07, 6.45) is 3.57. The monoisotopic (exact) mass is 268 g/mol. The van der Waals surface area contributed by atoms with Gasteiger partial charge in [-0.2, -0.15) is 0 Å². The van der Waals surface area contributed by atoms with E-state index in [0.717, 1.165) is 0 Å². The molecule has 3 aliphatic rings. The van der Waals surface area contributed by atoms with Crippen molar-refractivity contribution in [1.29, 1.82) is 0 Å². The van der Waals surface area contributed by atoms with Gasteiger partial charge in [0.15, 0.2) is 11.6 Å². The van der Waals surface area contributed by atoms with Gasteiger partial charge in [0.2, 0.25) is 0 Å². The maximum atomic E-state index is 12.6. The second kappa shape index (κ2) is 3.45. The summed E-state index contributed by atoms with van der Waals surface area (Å²) in [6.45, 7) is 0. The lowest BCUT2D eigenvalue weighted by Crippen LogP contribution is -2.69. The van der Waals surface area contributed by atoms with Gasteiger partial charge in [0, 0.05) is 23.0 Å². The van der Waals surface area contributed by atoms with Crippen LogP contribution in [0.4, 0.5) is 0 Å². The highest BCUT2D eigenvalue weighted by Gasteiger charge is 2.74. The van der Waals surface area contributed by atoms with E-state index in [-0.39, 0.29) is 17.5 Å². The molecule has 3 aliphatic carbocycles. The normalized spacial score (nSPS) is 36.1. The molecular weight excluding hydrogens is 256 g/mol. The number of carbonyl (C=O) groups is 3. The first-order valence-electron chi connectivity index (χ1n) is 6.58. The van der Waals surface area contributed by atoms with E-state index in [1.165, 1.54) is 7.11 Å². The van der Waals surface area contributed by atoms with Crippen molar-refractivity contribution in [3.05, 3.63) is 47.5 Å². The van der Waals surface area contributed by atoms with E-state index in [2.05, 4.69) is 0 Å². The summed E-state index contributed by atoms with van der Waals surface area (Å²) >= 11 is 0. The fourth-order valence-electron chi connectivity index (χ4n) is 3.99. The summed E-state index contributed by atoms with van der Waals surface area (Å²) < 4.78 is 4.85. The number of ketones is 2. The minimum absolute atomic E-state index is 0.0286. The highest BCUT2D eigenvalue weighted by molar-refractivity contribution is 6.20. The summed E-state index contributed by atoms with van der Waals surface area (Å²) in [6, 6.07) is 6.84. The first kappa shape index (κ1) is 11.6. The molecule has 1 aromatic rings. The number of hydrogen-bond acceptors (Lipinski definition) is 4. The lowest BCUT2D eigenvalue weighted by atomic mass is 9.37. The van der Waals surface area contributed by atoms with Crippen molar-refractivity contribution in [2.75, 3.05) is 7.11 Å². The maximum Gasteiger partial charge on any atom is 0.317 e. The first-order valence-corrected chi connectivity index (χ1v) is 6.58. The number of methoxy groups -OCH3 is 1. The Bertz CT molecular complexity index is 702. The number of carbonyl (C=O) groups excluding carboxylic acids is 3. The molecule has 1 fully saturated rings. The van der Waals surface area contributed by atoms with E-state index < -0.39 is 23.2 Å². The largest absolute Gasteiger partial charge is 0.468 e. The summed E-state index contributed by atoms with van der Waals surface area (Å²) in [5.41, 5.74) is 0.0120. The second-order valence-electron chi connectivity index (χ2n) is 5.59. The summed E-state index contributed by atoms with van der Waals surface area (Å²) in [5, 5.41) is 0. The Morgan fingerprint density at radius 2 is 1.80 bits per heavy atom. The van der Waals surface area contributed by atoms with Crippen LogP contribution >= 0.6 is 0 Å². The zero-order valence-electron chi connectivity index (χ0n) is 10.8. The van der Waals surface area contributed by atoms with Crippen molar-refractivity contribution < 1.29 is 19.1 Å². The number of ether oxygens (including phenoxy) is 1. The van der Waals surface area contributed by atoms with E-state index >= 15 is 0 Å². The van der Waals surface area contributed by atoms with Crippen LogP contribution in [0.15, 0.2) is 36.4 Å². The van der Waals surface area contributed by atoms with Gasteiger partial charge >= 0.3 is 5.97 Å². The molecule has 0 aromatic heterocycles. The standard InChI is InChI=1S/C16H12O4/c1-20-15(19)16-7-6-10(16)11-12(16)14(18)9-5-3-2-4-8(9)13(11)17/h2-7,10-12H,1H3/t10?,11?,12?,16-/m1/s1. The van der Waals surface area contributed by atoms with Gasteiger partial charge in [0.1, 0.15) is 5.41 Å². The Kier molecular flexibility index (Phi) is 2.00. The van der Waals surface area contributed by atoms with Gasteiger partial charge in [0.25, 0.3) is 0 Å². The fourth-order valence-corrected chi connectivity index (χ4v) is 3.99. The molecule has 4 nitrogen and oxygen atoms in total. The number of Topliss-reactive ketones (excluding diaryl/α,β-unsaturated/α-hetero) is 2. The molecule has 100 valence electrons. The second-order valence-corrected chi connectivity index (χ2v) is 5.59. The number of hydrogen-bond donors (Lipinski definition) is 0. The van der Waals surface area contributed by atoms with E-state index in [1.807, 2.05) is 6.08 Å². The van der Waals surface area contributed by atoms with Gasteiger partial charge in [-0.25, -0.2) is 0 Å². The van der Waals surface area contributed by atoms with Crippen LogP contribution in [0.5, 0.6) is 0 Å². The molecule has 3 unspecified atom stereocenters. The van der Waals surface area contributed by atoms with Crippen LogP contribution in [0.3, 0.4) is 0 Å². The Morgan fingerprint density at radius 3 is 2.35 bits per heavy atom.